The molecule has 2 unspecified atom stereocenters. The fourth-order valence-electron chi connectivity index (χ4n) is 13.9. The summed E-state index contributed by atoms with van der Waals surface area (Å²) in [4.78, 5) is 15.7. The first-order chi connectivity index (χ1) is 32.8. The number of hydrogen-bond donors (Lipinski definition) is 0. The Morgan fingerprint density at radius 1 is 0.403 bits per heavy atom. The molecule has 9 aromatic rings. The second kappa shape index (κ2) is 16.0. The standard InChI is InChI=1S/C63H58N4/c1-62(37-41-18-19-42(34-41)38-62)51-30-26-48(27-31-51)60-64-59(65-61(66-60)49-28-32-52(33-29-49)63(2)39-43-20-21-44(35-43)40-63)47-24-22-45(23-25-47)50-12-8-13-53(36-50)67-57-17-7-6-14-55(57)56-16-9-15-54(58(56)67)46-10-4-3-5-11-46/h3-17,22-33,36,41-44H,18-21,34-35,37-40H2,1-2H3/t41-,42-,43-,44?,63?/m0/s1. The van der Waals surface area contributed by atoms with Crippen LogP contribution in [0.15, 0.2) is 170 Å². The zero-order valence-electron chi connectivity index (χ0n) is 38.8. The molecule has 0 saturated heterocycles. The van der Waals surface area contributed by atoms with E-state index >= 15 is 0 Å². The van der Waals surface area contributed by atoms with Crippen LogP contribution in [0, 0.1) is 23.7 Å². The van der Waals surface area contributed by atoms with E-state index in [0.29, 0.717) is 5.82 Å². The van der Waals surface area contributed by atoms with Gasteiger partial charge in [-0.25, -0.2) is 15.0 Å². The van der Waals surface area contributed by atoms with Crippen LogP contribution in [-0.2, 0) is 10.8 Å². The molecule has 4 saturated carbocycles. The maximum atomic E-state index is 5.23. The third-order valence-electron chi connectivity index (χ3n) is 16.9. The maximum Gasteiger partial charge on any atom is 0.164 e. The van der Waals surface area contributed by atoms with Gasteiger partial charge >= 0.3 is 0 Å². The smallest absolute Gasteiger partial charge is 0.164 e. The van der Waals surface area contributed by atoms with E-state index in [-0.39, 0.29) is 10.8 Å². The monoisotopic (exact) mass is 870 g/mol. The molecule has 330 valence electrons. The zero-order valence-corrected chi connectivity index (χ0v) is 38.8. The SMILES string of the molecule is CC1(c2ccc(-c3nc(-c4ccc(-c5cccc(-n6c7ccccc7c7cccc(-c8ccccc8)c76)c5)cc4)nc(-c4ccc(C5(C)C[C@H]6CC[C@@H](C6)C5)cc4)n3)cc2)CC2CC[C@@H](C2)C1. The molecule has 4 nitrogen and oxygen atoms in total. The van der Waals surface area contributed by atoms with Crippen molar-refractivity contribution >= 4 is 21.8 Å². The lowest BCUT2D eigenvalue weighted by Crippen LogP contribution is -2.30. The summed E-state index contributed by atoms with van der Waals surface area (Å²) >= 11 is 0. The Balaban J connectivity index is 0.861. The lowest BCUT2D eigenvalue weighted by atomic mass is 9.66. The predicted molar refractivity (Wildman–Crippen MR) is 276 cm³/mol. The van der Waals surface area contributed by atoms with Crippen LogP contribution in [0.3, 0.4) is 0 Å². The molecular weight excluding hydrogens is 813 g/mol. The molecular formula is C63H58N4. The molecule has 0 aliphatic heterocycles. The highest BCUT2D eigenvalue weighted by Crippen LogP contribution is 2.53. The molecule has 0 spiro atoms. The Labute approximate surface area is 395 Å². The molecule has 2 aromatic heterocycles. The van der Waals surface area contributed by atoms with Gasteiger partial charge in [-0.3, -0.25) is 0 Å². The van der Waals surface area contributed by atoms with Gasteiger partial charge in [0.05, 0.1) is 11.0 Å². The van der Waals surface area contributed by atoms with Gasteiger partial charge in [-0.05, 0) is 119 Å². The average Bonchev–Trinajstić information content (AvgIpc) is 4.04. The van der Waals surface area contributed by atoms with Gasteiger partial charge in [0.2, 0.25) is 0 Å². The lowest BCUT2D eigenvalue weighted by Gasteiger charge is -2.38. The van der Waals surface area contributed by atoms with Gasteiger partial charge in [0.15, 0.2) is 17.5 Å². The van der Waals surface area contributed by atoms with Crippen molar-refractivity contribution < 1.29 is 0 Å². The number of fused-ring (bicyclic) bond motifs is 7. The minimum absolute atomic E-state index is 0.240. The van der Waals surface area contributed by atoms with E-state index in [1.807, 2.05) is 0 Å². The van der Waals surface area contributed by atoms with Crippen molar-refractivity contribution in [3.8, 4) is 62.1 Å². The van der Waals surface area contributed by atoms with Gasteiger partial charge < -0.3 is 4.57 Å². The van der Waals surface area contributed by atoms with Crippen LogP contribution >= 0.6 is 0 Å². The van der Waals surface area contributed by atoms with Crippen LogP contribution in [0.1, 0.15) is 89.2 Å². The van der Waals surface area contributed by atoms with Crippen molar-refractivity contribution in [2.24, 2.45) is 23.7 Å². The Morgan fingerprint density at radius 3 is 1.40 bits per heavy atom. The highest BCUT2D eigenvalue weighted by Gasteiger charge is 2.43. The normalized spacial score (nSPS) is 24.4. The Morgan fingerprint density at radius 2 is 0.851 bits per heavy atom. The summed E-state index contributed by atoms with van der Waals surface area (Å²) in [5.41, 5.74) is 14.7. The van der Waals surface area contributed by atoms with Crippen LogP contribution in [0.25, 0.3) is 83.9 Å². The van der Waals surface area contributed by atoms with Gasteiger partial charge in [-0.2, -0.15) is 0 Å². The molecule has 13 rings (SSSR count). The summed E-state index contributed by atoms with van der Waals surface area (Å²) in [6.45, 7) is 5.00. The largest absolute Gasteiger partial charge is 0.309 e. The fourth-order valence-corrected chi connectivity index (χ4v) is 13.9. The Bertz CT molecular complexity index is 3170. The van der Waals surface area contributed by atoms with Crippen molar-refractivity contribution in [3.63, 3.8) is 0 Å². The van der Waals surface area contributed by atoms with E-state index in [4.69, 9.17) is 15.0 Å². The fraction of sp³-hybridized carbons (Fsp3) is 0.286. The highest BCUT2D eigenvalue weighted by molar-refractivity contribution is 6.13. The summed E-state index contributed by atoms with van der Waals surface area (Å²) in [6, 6.07) is 62.5. The summed E-state index contributed by atoms with van der Waals surface area (Å²) in [7, 11) is 0. The molecule has 5 atom stereocenters. The van der Waals surface area contributed by atoms with E-state index in [1.54, 1.807) is 0 Å². The zero-order chi connectivity index (χ0) is 44.7. The molecule has 0 N–H and O–H groups in total. The summed E-state index contributed by atoms with van der Waals surface area (Å²) in [5, 5.41) is 2.51. The first kappa shape index (κ1) is 40.6. The third kappa shape index (κ3) is 7.23. The number of hydrogen-bond acceptors (Lipinski definition) is 3. The molecule has 67 heavy (non-hydrogen) atoms. The van der Waals surface area contributed by atoms with Crippen molar-refractivity contribution in [3.05, 3.63) is 181 Å². The van der Waals surface area contributed by atoms with E-state index in [0.717, 1.165) is 68.8 Å². The second-order valence-corrected chi connectivity index (χ2v) is 21.5. The third-order valence-corrected chi connectivity index (χ3v) is 16.9. The van der Waals surface area contributed by atoms with Gasteiger partial charge in [-0.1, -0.05) is 191 Å². The van der Waals surface area contributed by atoms with Crippen molar-refractivity contribution in [2.45, 2.75) is 88.9 Å². The molecule has 0 radical (unpaired) electrons. The molecule has 4 aliphatic carbocycles. The first-order valence-corrected chi connectivity index (χ1v) is 25.1. The number of aromatic nitrogens is 4. The molecule has 4 aliphatic rings. The number of rotatable bonds is 8. The minimum Gasteiger partial charge on any atom is -0.309 e. The topological polar surface area (TPSA) is 43.6 Å². The Hall–Kier alpha value is -6.65. The van der Waals surface area contributed by atoms with E-state index in [9.17, 15) is 0 Å². The van der Waals surface area contributed by atoms with Crippen molar-refractivity contribution in [1.82, 2.24) is 19.5 Å². The average molecular weight is 871 g/mol. The summed E-state index contributed by atoms with van der Waals surface area (Å²) in [5.74, 6) is 5.64. The minimum atomic E-state index is 0.240. The van der Waals surface area contributed by atoms with Crippen LogP contribution < -0.4 is 0 Å². The van der Waals surface area contributed by atoms with Crippen molar-refractivity contribution in [2.75, 3.05) is 0 Å². The Kier molecular flexibility index (Phi) is 9.70. The number of nitrogens with zero attached hydrogens (tertiary/aromatic N) is 4. The van der Waals surface area contributed by atoms with Gasteiger partial charge in [0.1, 0.15) is 0 Å². The lowest BCUT2D eigenvalue weighted by molar-refractivity contribution is 0.231. The van der Waals surface area contributed by atoms with E-state index in [1.165, 1.54) is 108 Å². The van der Waals surface area contributed by atoms with E-state index < -0.39 is 0 Å². The summed E-state index contributed by atoms with van der Waals surface area (Å²) in [6.07, 6.45) is 13.7. The molecule has 0 amide bonds. The molecule has 4 fully saturated rings. The summed E-state index contributed by atoms with van der Waals surface area (Å²) < 4.78 is 2.44. The van der Waals surface area contributed by atoms with Crippen LogP contribution in [0.4, 0.5) is 0 Å². The highest BCUT2D eigenvalue weighted by atomic mass is 15.0. The van der Waals surface area contributed by atoms with Gasteiger partial charge in [0, 0.05) is 38.7 Å². The first-order valence-electron chi connectivity index (χ1n) is 25.1. The molecule has 2 heterocycles. The van der Waals surface area contributed by atoms with Crippen molar-refractivity contribution in [1.29, 1.82) is 0 Å². The van der Waals surface area contributed by atoms with Crippen LogP contribution in [-0.4, -0.2) is 19.5 Å². The number of benzene rings is 7. The molecule has 4 bridgehead atoms. The van der Waals surface area contributed by atoms with Crippen LogP contribution in [0.2, 0.25) is 0 Å². The predicted octanol–water partition coefficient (Wildman–Crippen LogP) is 16.2. The molecule has 7 aromatic carbocycles. The number of para-hydroxylation sites is 2. The maximum absolute atomic E-state index is 5.23. The van der Waals surface area contributed by atoms with E-state index in [2.05, 4.69) is 188 Å². The van der Waals surface area contributed by atoms with Crippen LogP contribution in [0.5, 0.6) is 0 Å². The quantitative estimate of drug-likeness (QED) is 0.153. The van der Waals surface area contributed by atoms with Gasteiger partial charge in [0.25, 0.3) is 0 Å². The van der Waals surface area contributed by atoms with Gasteiger partial charge in [-0.15, -0.1) is 0 Å². The molecule has 4 heteroatoms. The second-order valence-electron chi connectivity index (χ2n) is 21.5.